The van der Waals surface area contributed by atoms with E-state index in [0.717, 1.165) is 24.5 Å². The highest BCUT2D eigenvalue weighted by atomic mass is 35.5. The summed E-state index contributed by atoms with van der Waals surface area (Å²) in [5.41, 5.74) is 3.81. The quantitative estimate of drug-likeness (QED) is 0.889. The largest absolute Gasteiger partial charge is 0.345 e. The Morgan fingerprint density at radius 1 is 1.18 bits per heavy atom. The predicted molar refractivity (Wildman–Crippen MR) is 85.8 cm³/mol. The second kappa shape index (κ2) is 6.09. The lowest BCUT2D eigenvalue weighted by Crippen LogP contribution is -2.27. The number of amides is 1. The maximum atomic E-state index is 13.8. The summed E-state index contributed by atoms with van der Waals surface area (Å²) in [6.07, 6.45) is 3.41. The van der Waals surface area contributed by atoms with Crippen LogP contribution < -0.4 is 5.32 Å². The Bertz CT molecular complexity index is 729. The van der Waals surface area contributed by atoms with Crippen LogP contribution in [0.25, 0.3) is 0 Å². The highest BCUT2D eigenvalue weighted by Gasteiger charge is 2.17. The van der Waals surface area contributed by atoms with Crippen LogP contribution in [0.2, 0.25) is 5.02 Å². The van der Waals surface area contributed by atoms with Crippen molar-refractivity contribution in [3.8, 4) is 0 Å². The van der Waals surface area contributed by atoms with Crippen molar-refractivity contribution < 1.29 is 9.18 Å². The molecule has 0 spiro atoms. The summed E-state index contributed by atoms with van der Waals surface area (Å²) in [7, 11) is 0. The van der Waals surface area contributed by atoms with E-state index in [2.05, 4.69) is 17.4 Å². The van der Waals surface area contributed by atoms with Gasteiger partial charge in [0.15, 0.2) is 0 Å². The van der Waals surface area contributed by atoms with Gasteiger partial charge in [-0.1, -0.05) is 29.8 Å². The SMILES string of the molecule is C[C@@H](NC(=O)c1ccc(Cl)cc1F)c1ccc2c(c1)CCC2. The van der Waals surface area contributed by atoms with Gasteiger partial charge in [-0.15, -0.1) is 0 Å². The maximum absolute atomic E-state index is 13.8. The second-order valence-corrected chi connectivity index (χ2v) is 6.14. The molecule has 0 aromatic heterocycles. The molecule has 0 bridgehead atoms. The Hall–Kier alpha value is -1.87. The molecule has 0 unspecified atom stereocenters. The van der Waals surface area contributed by atoms with Gasteiger partial charge in [-0.2, -0.15) is 0 Å². The van der Waals surface area contributed by atoms with Crippen molar-refractivity contribution in [1.82, 2.24) is 5.32 Å². The van der Waals surface area contributed by atoms with E-state index in [1.807, 2.05) is 13.0 Å². The third-order valence-corrected chi connectivity index (χ3v) is 4.38. The number of hydrogen-bond donors (Lipinski definition) is 1. The van der Waals surface area contributed by atoms with Gasteiger partial charge in [0.2, 0.25) is 0 Å². The zero-order valence-electron chi connectivity index (χ0n) is 12.3. The smallest absolute Gasteiger partial charge is 0.254 e. The van der Waals surface area contributed by atoms with Crippen LogP contribution in [0.4, 0.5) is 4.39 Å². The van der Waals surface area contributed by atoms with Crippen LogP contribution in [0.5, 0.6) is 0 Å². The van der Waals surface area contributed by atoms with Crippen LogP contribution in [0.3, 0.4) is 0 Å². The number of aryl methyl sites for hydroxylation is 2. The fourth-order valence-corrected chi connectivity index (χ4v) is 3.05. The molecule has 0 aliphatic heterocycles. The molecular formula is C18H17ClFNO. The molecule has 1 amide bonds. The first-order valence-corrected chi connectivity index (χ1v) is 7.80. The molecule has 114 valence electrons. The van der Waals surface area contributed by atoms with Gasteiger partial charge < -0.3 is 5.32 Å². The zero-order chi connectivity index (χ0) is 15.7. The van der Waals surface area contributed by atoms with Crippen LogP contribution in [0, 0.1) is 5.82 Å². The van der Waals surface area contributed by atoms with E-state index in [4.69, 9.17) is 11.6 Å². The Morgan fingerprint density at radius 2 is 1.95 bits per heavy atom. The number of fused-ring (bicyclic) bond motifs is 1. The molecular weight excluding hydrogens is 301 g/mol. The maximum Gasteiger partial charge on any atom is 0.254 e. The van der Waals surface area contributed by atoms with Gasteiger partial charge in [0.25, 0.3) is 5.91 Å². The van der Waals surface area contributed by atoms with Crippen LogP contribution in [-0.2, 0) is 12.8 Å². The molecule has 1 aliphatic rings. The summed E-state index contributed by atoms with van der Waals surface area (Å²) >= 11 is 5.71. The van der Waals surface area contributed by atoms with Crippen LogP contribution in [-0.4, -0.2) is 5.91 Å². The molecule has 2 aromatic rings. The number of carbonyl (C=O) groups is 1. The first-order chi connectivity index (χ1) is 10.5. The summed E-state index contributed by atoms with van der Waals surface area (Å²) in [6, 6.07) is 10.2. The minimum Gasteiger partial charge on any atom is -0.345 e. The molecule has 0 heterocycles. The van der Waals surface area contributed by atoms with Crippen LogP contribution >= 0.6 is 11.6 Å². The molecule has 0 fully saturated rings. The average Bonchev–Trinajstić information content (AvgIpc) is 2.94. The minimum absolute atomic E-state index is 0.0115. The van der Waals surface area contributed by atoms with E-state index >= 15 is 0 Å². The number of rotatable bonds is 3. The lowest BCUT2D eigenvalue weighted by atomic mass is 10.0. The molecule has 1 N–H and O–H groups in total. The van der Waals surface area contributed by atoms with E-state index in [-0.39, 0.29) is 16.6 Å². The van der Waals surface area contributed by atoms with Crippen molar-refractivity contribution in [2.24, 2.45) is 0 Å². The van der Waals surface area contributed by atoms with Gasteiger partial charge in [0.1, 0.15) is 5.82 Å². The number of halogens is 2. The molecule has 22 heavy (non-hydrogen) atoms. The first kappa shape index (κ1) is 15.0. The van der Waals surface area contributed by atoms with Gasteiger partial charge in [-0.25, -0.2) is 4.39 Å². The van der Waals surface area contributed by atoms with Crippen molar-refractivity contribution in [3.63, 3.8) is 0 Å². The lowest BCUT2D eigenvalue weighted by molar-refractivity contribution is 0.0936. The highest BCUT2D eigenvalue weighted by Crippen LogP contribution is 2.25. The monoisotopic (exact) mass is 317 g/mol. The summed E-state index contributed by atoms with van der Waals surface area (Å²) in [5.74, 6) is -1.03. The van der Waals surface area contributed by atoms with E-state index in [9.17, 15) is 9.18 Å². The van der Waals surface area contributed by atoms with Gasteiger partial charge >= 0.3 is 0 Å². The van der Waals surface area contributed by atoms with Gasteiger partial charge in [0, 0.05) is 5.02 Å². The molecule has 4 heteroatoms. The van der Waals surface area contributed by atoms with E-state index in [0.29, 0.717) is 0 Å². The van der Waals surface area contributed by atoms with Crippen molar-refractivity contribution in [3.05, 3.63) is 69.5 Å². The van der Waals surface area contributed by atoms with Crippen molar-refractivity contribution >= 4 is 17.5 Å². The number of hydrogen-bond acceptors (Lipinski definition) is 1. The summed E-state index contributed by atoms with van der Waals surface area (Å²) < 4.78 is 13.8. The third kappa shape index (κ3) is 3.00. The summed E-state index contributed by atoms with van der Waals surface area (Å²) in [5, 5.41) is 3.12. The number of carbonyl (C=O) groups excluding carboxylic acids is 1. The Morgan fingerprint density at radius 3 is 2.73 bits per heavy atom. The zero-order valence-corrected chi connectivity index (χ0v) is 13.1. The topological polar surface area (TPSA) is 29.1 Å². The lowest BCUT2D eigenvalue weighted by Gasteiger charge is -2.16. The minimum atomic E-state index is -0.605. The molecule has 3 rings (SSSR count). The molecule has 0 saturated carbocycles. The third-order valence-electron chi connectivity index (χ3n) is 4.15. The number of benzene rings is 2. The van der Waals surface area contributed by atoms with E-state index < -0.39 is 11.7 Å². The fourth-order valence-electron chi connectivity index (χ4n) is 2.89. The average molecular weight is 318 g/mol. The molecule has 1 atom stereocenters. The van der Waals surface area contributed by atoms with Crippen molar-refractivity contribution in [2.75, 3.05) is 0 Å². The molecule has 1 aliphatic carbocycles. The van der Waals surface area contributed by atoms with Crippen molar-refractivity contribution in [1.29, 1.82) is 0 Å². The van der Waals surface area contributed by atoms with E-state index in [1.165, 1.54) is 29.7 Å². The van der Waals surface area contributed by atoms with Crippen molar-refractivity contribution in [2.45, 2.75) is 32.2 Å². The predicted octanol–water partition coefficient (Wildman–Crippen LogP) is 4.46. The summed E-state index contributed by atoms with van der Waals surface area (Å²) in [4.78, 5) is 12.2. The fraction of sp³-hybridized carbons (Fsp3) is 0.278. The molecule has 0 radical (unpaired) electrons. The van der Waals surface area contributed by atoms with Gasteiger partial charge in [0.05, 0.1) is 11.6 Å². The Kier molecular flexibility index (Phi) is 4.16. The first-order valence-electron chi connectivity index (χ1n) is 7.42. The second-order valence-electron chi connectivity index (χ2n) is 5.70. The summed E-state index contributed by atoms with van der Waals surface area (Å²) in [6.45, 7) is 1.91. The number of nitrogens with one attached hydrogen (secondary N) is 1. The molecule has 0 saturated heterocycles. The van der Waals surface area contributed by atoms with Gasteiger partial charge in [-0.05, 0) is 61.1 Å². The molecule has 2 aromatic carbocycles. The van der Waals surface area contributed by atoms with Crippen LogP contribution in [0.1, 0.15) is 46.4 Å². The highest BCUT2D eigenvalue weighted by molar-refractivity contribution is 6.30. The standard InChI is InChI=1S/C18H17ClFNO/c1-11(13-6-5-12-3-2-4-14(12)9-13)21-18(22)16-8-7-15(19)10-17(16)20/h5-11H,2-4H2,1H3,(H,21,22)/t11-/m1/s1. The molecule has 2 nitrogen and oxygen atoms in total. The normalized spacial score (nSPS) is 14.5. The Balaban J connectivity index is 1.76. The van der Waals surface area contributed by atoms with Crippen LogP contribution in [0.15, 0.2) is 36.4 Å². The van der Waals surface area contributed by atoms with Gasteiger partial charge in [-0.3, -0.25) is 4.79 Å². The Labute approximate surface area is 134 Å². The van der Waals surface area contributed by atoms with E-state index in [1.54, 1.807) is 0 Å².